The second-order valence-electron chi connectivity index (χ2n) is 5.62. The molecular weight excluding hydrogens is 278 g/mol. The van der Waals surface area contributed by atoms with E-state index in [1.807, 2.05) is 13.8 Å². The Morgan fingerprint density at radius 3 is 2.62 bits per heavy atom. The Hall–Kier alpha value is -2.38. The number of hydrogen-bond donors (Lipinski definition) is 2. The summed E-state index contributed by atoms with van der Waals surface area (Å²) in [5.74, 6) is -1.43. The number of rotatable bonds is 4. The zero-order valence-electron chi connectivity index (χ0n) is 11.8. The molecule has 0 spiro atoms. The number of carbonyl (C=O) groups excluding carboxylic acids is 1. The minimum Gasteiger partial charge on any atom is -0.481 e. The average molecular weight is 295 g/mol. The summed E-state index contributed by atoms with van der Waals surface area (Å²) >= 11 is 0. The van der Waals surface area contributed by atoms with E-state index in [1.54, 1.807) is 0 Å². The van der Waals surface area contributed by atoms with Crippen LogP contribution in [0.5, 0.6) is 0 Å². The highest BCUT2D eigenvalue weighted by atomic mass is 16.6. The normalized spacial score (nSPS) is 21.8. The molecule has 8 heteroatoms. The van der Waals surface area contributed by atoms with Crippen LogP contribution in [0.2, 0.25) is 0 Å². The van der Waals surface area contributed by atoms with Gasteiger partial charge in [0.25, 0.3) is 11.6 Å². The number of aromatic amines is 1. The maximum absolute atomic E-state index is 12.3. The summed E-state index contributed by atoms with van der Waals surface area (Å²) in [6.45, 7) is 4.09. The van der Waals surface area contributed by atoms with E-state index in [-0.39, 0.29) is 23.8 Å². The number of carboxylic acids is 1. The number of H-pyrrole nitrogens is 1. The Balaban J connectivity index is 2.18. The quantitative estimate of drug-likeness (QED) is 0.644. The highest BCUT2D eigenvalue weighted by Gasteiger charge is 2.48. The van der Waals surface area contributed by atoms with E-state index >= 15 is 0 Å². The van der Waals surface area contributed by atoms with Crippen LogP contribution in [0, 0.1) is 21.4 Å². The maximum Gasteiger partial charge on any atom is 0.311 e. The summed E-state index contributed by atoms with van der Waals surface area (Å²) in [5.41, 5.74) is -1.04. The zero-order valence-corrected chi connectivity index (χ0v) is 11.8. The first-order valence-electron chi connectivity index (χ1n) is 6.63. The molecule has 2 rings (SSSR count). The largest absolute Gasteiger partial charge is 0.481 e. The van der Waals surface area contributed by atoms with Crippen molar-refractivity contribution in [3.63, 3.8) is 0 Å². The van der Waals surface area contributed by atoms with Gasteiger partial charge in [-0.1, -0.05) is 13.8 Å². The fraction of sp³-hybridized carbons (Fsp3) is 0.538. The van der Waals surface area contributed by atoms with Gasteiger partial charge in [-0.3, -0.25) is 19.7 Å². The maximum atomic E-state index is 12.3. The summed E-state index contributed by atoms with van der Waals surface area (Å²) in [7, 11) is 0. The third kappa shape index (κ3) is 2.48. The van der Waals surface area contributed by atoms with E-state index in [1.165, 1.54) is 11.0 Å². The first-order valence-corrected chi connectivity index (χ1v) is 6.63. The van der Waals surface area contributed by atoms with Gasteiger partial charge in [0.1, 0.15) is 5.69 Å². The monoisotopic (exact) mass is 295 g/mol. The lowest BCUT2D eigenvalue weighted by molar-refractivity contribution is -0.384. The predicted molar refractivity (Wildman–Crippen MR) is 72.9 cm³/mol. The van der Waals surface area contributed by atoms with E-state index in [0.29, 0.717) is 13.0 Å². The summed E-state index contributed by atoms with van der Waals surface area (Å²) < 4.78 is 0. The summed E-state index contributed by atoms with van der Waals surface area (Å²) in [4.78, 5) is 37.9. The van der Waals surface area contributed by atoms with Crippen LogP contribution in [0.15, 0.2) is 12.3 Å². The Labute approximate surface area is 120 Å². The number of nitrogens with zero attached hydrogens (tertiary/aromatic N) is 2. The first kappa shape index (κ1) is 15.0. The highest BCUT2D eigenvalue weighted by Crippen LogP contribution is 2.38. The minimum atomic E-state index is -0.950. The van der Waals surface area contributed by atoms with Gasteiger partial charge < -0.3 is 15.0 Å². The van der Waals surface area contributed by atoms with Gasteiger partial charge in [0.15, 0.2) is 0 Å². The summed E-state index contributed by atoms with van der Waals surface area (Å²) in [6.07, 6.45) is 1.53. The molecule has 1 atom stereocenters. The molecule has 2 N–H and O–H groups in total. The number of aliphatic carboxylic acids is 1. The van der Waals surface area contributed by atoms with Gasteiger partial charge in [0.05, 0.1) is 16.5 Å². The lowest BCUT2D eigenvalue weighted by atomic mass is 9.76. The Morgan fingerprint density at radius 1 is 1.52 bits per heavy atom. The van der Waals surface area contributed by atoms with E-state index in [0.717, 1.165) is 6.20 Å². The number of carboxylic acid groups (broad SMARTS) is 1. The van der Waals surface area contributed by atoms with Crippen molar-refractivity contribution < 1.29 is 19.6 Å². The third-order valence-corrected chi connectivity index (χ3v) is 4.23. The van der Waals surface area contributed by atoms with Gasteiger partial charge in [0.2, 0.25) is 0 Å². The van der Waals surface area contributed by atoms with Crippen molar-refractivity contribution in [1.82, 2.24) is 9.88 Å². The molecule has 0 aromatic carbocycles. The van der Waals surface area contributed by atoms with Crippen molar-refractivity contribution in [2.45, 2.75) is 20.3 Å². The van der Waals surface area contributed by atoms with E-state index in [4.69, 9.17) is 0 Å². The summed E-state index contributed by atoms with van der Waals surface area (Å²) in [5, 5.41) is 20.1. The number of nitro groups is 1. The van der Waals surface area contributed by atoms with Crippen molar-refractivity contribution in [3.8, 4) is 0 Å². The molecule has 0 aliphatic carbocycles. The van der Waals surface area contributed by atoms with Crippen LogP contribution in [-0.4, -0.2) is 44.9 Å². The van der Waals surface area contributed by atoms with Crippen molar-refractivity contribution >= 4 is 17.6 Å². The number of aromatic nitrogens is 1. The van der Waals surface area contributed by atoms with Crippen LogP contribution < -0.4 is 0 Å². The molecule has 1 fully saturated rings. The number of nitrogens with one attached hydrogen (secondary N) is 1. The molecular formula is C13H17N3O5. The molecule has 8 nitrogen and oxygen atoms in total. The second kappa shape index (κ2) is 5.19. The zero-order chi connectivity index (χ0) is 15.8. The number of carbonyl (C=O) groups is 2. The Bertz CT molecular complexity index is 594. The molecule has 1 aromatic rings. The minimum absolute atomic E-state index is 0.103. The van der Waals surface area contributed by atoms with Crippen molar-refractivity contribution in [1.29, 1.82) is 0 Å². The predicted octanol–water partition coefficient (Wildman–Crippen LogP) is 1.50. The average Bonchev–Trinajstić information content (AvgIpc) is 3.06. The van der Waals surface area contributed by atoms with Gasteiger partial charge in [-0.15, -0.1) is 0 Å². The van der Waals surface area contributed by atoms with Crippen LogP contribution in [0.1, 0.15) is 30.8 Å². The van der Waals surface area contributed by atoms with Gasteiger partial charge >= 0.3 is 5.97 Å². The number of amides is 1. The Morgan fingerprint density at radius 2 is 2.19 bits per heavy atom. The van der Waals surface area contributed by atoms with Crippen LogP contribution in [0.3, 0.4) is 0 Å². The molecule has 1 aromatic heterocycles. The molecule has 1 amide bonds. The van der Waals surface area contributed by atoms with Crippen molar-refractivity contribution in [3.05, 3.63) is 28.1 Å². The standard InChI is InChI=1S/C13H17N3O5/c1-8(2)13(12(18)19)3-4-15(7-13)11(17)10-5-9(6-14-10)16(20)21/h5-6,8,14H,3-4,7H2,1-2H3,(H,18,19). The summed E-state index contributed by atoms with van der Waals surface area (Å²) in [6, 6.07) is 1.17. The van der Waals surface area contributed by atoms with Crippen LogP contribution >= 0.6 is 0 Å². The fourth-order valence-corrected chi connectivity index (χ4v) is 2.68. The smallest absolute Gasteiger partial charge is 0.311 e. The molecule has 2 heterocycles. The highest BCUT2D eigenvalue weighted by molar-refractivity contribution is 5.94. The van der Waals surface area contributed by atoms with Crippen LogP contribution in [0.4, 0.5) is 5.69 Å². The van der Waals surface area contributed by atoms with Crippen LogP contribution in [0.25, 0.3) is 0 Å². The number of likely N-dealkylation sites (tertiary alicyclic amines) is 1. The molecule has 0 bridgehead atoms. The van der Waals surface area contributed by atoms with Gasteiger partial charge in [-0.25, -0.2) is 0 Å². The van der Waals surface area contributed by atoms with Gasteiger partial charge in [0, 0.05) is 19.2 Å². The second-order valence-corrected chi connectivity index (χ2v) is 5.62. The van der Waals surface area contributed by atoms with Gasteiger partial charge in [-0.2, -0.15) is 0 Å². The van der Waals surface area contributed by atoms with Crippen LogP contribution in [-0.2, 0) is 4.79 Å². The van der Waals surface area contributed by atoms with Gasteiger partial charge in [-0.05, 0) is 12.3 Å². The van der Waals surface area contributed by atoms with Crippen molar-refractivity contribution in [2.24, 2.45) is 11.3 Å². The molecule has 1 unspecified atom stereocenters. The lowest BCUT2D eigenvalue weighted by Crippen LogP contribution is -2.40. The molecule has 0 saturated carbocycles. The Kier molecular flexibility index (Phi) is 3.71. The number of hydrogen-bond acceptors (Lipinski definition) is 4. The first-order chi connectivity index (χ1) is 9.78. The fourth-order valence-electron chi connectivity index (χ4n) is 2.68. The molecule has 21 heavy (non-hydrogen) atoms. The SMILES string of the molecule is CC(C)C1(C(=O)O)CCN(C(=O)c2cc([N+](=O)[O-])c[nH]2)C1. The third-order valence-electron chi connectivity index (χ3n) is 4.23. The molecule has 1 aliphatic rings. The molecule has 0 radical (unpaired) electrons. The van der Waals surface area contributed by atoms with E-state index in [2.05, 4.69) is 4.98 Å². The molecule has 114 valence electrons. The molecule has 1 aliphatic heterocycles. The van der Waals surface area contributed by atoms with E-state index in [9.17, 15) is 24.8 Å². The lowest BCUT2D eigenvalue weighted by Gasteiger charge is -2.28. The van der Waals surface area contributed by atoms with Crippen molar-refractivity contribution in [2.75, 3.05) is 13.1 Å². The van der Waals surface area contributed by atoms with E-state index < -0.39 is 22.2 Å². The molecule has 1 saturated heterocycles. The topological polar surface area (TPSA) is 117 Å².